The van der Waals surface area contributed by atoms with E-state index in [-0.39, 0.29) is 0 Å². The Kier molecular flexibility index (Phi) is 3.59. The number of rotatable bonds is 4. The number of imidazole rings is 1. The lowest BCUT2D eigenvalue weighted by Gasteiger charge is -2.18. The molecule has 0 fully saturated rings. The second kappa shape index (κ2) is 5.15. The van der Waals surface area contributed by atoms with Gasteiger partial charge in [0.05, 0.1) is 18.1 Å². The Morgan fingerprint density at radius 1 is 1.35 bits per heavy atom. The summed E-state index contributed by atoms with van der Waals surface area (Å²) in [6.07, 6.45) is 3.83. The monoisotopic (exact) mass is 229 g/mol. The minimum absolute atomic E-state index is 0.321. The van der Waals surface area contributed by atoms with Gasteiger partial charge in [-0.25, -0.2) is 4.98 Å². The highest BCUT2D eigenvalue weighted by Crippen LogP contribution is 2.22. The fourth-order valence-corrected chi connectivity index (χ4v) is 2.20. The summed E-state index contributed by atoms with van der Waals surface area (Å²) in [6.45, 7) is 5.21. The molecule has 0 amide bonds. The van der Waals surface area contributed by atoms with Crippen LogP contribution in [-0.4, -0.2) is 16.6 Å². The van der Waals surface area contributed by atoms with E-state index in [4.69, 9.17) is 0 Å². The quantitative estimate of drug-likeness (QED) is 0.873. The van der Waals surface area contributed by atoms with E-state index in [0.29, 0.717) is 6.04 Å². The first-order valence-corrected chi connectivity index (χ1v) is 5.95. The number of benzene rings is 1. The lowest BCUT2D eigenvalue weighted by molar-refractivity contribution is 0.591. The zero-order valence-corrected chi connectivity index (χ0v) is 10.6. The van der Waals surface area contributed by atoms with Crippen LogP contribution in [0.15, 0.2) is 36.8 Å². The van der Waals surface area contributed by atoms with Gasteiger partial charge < -0.3 is 9.88 Å². The third-order valence-electron chi connectivity index (χ3n) is 3.16. The molecule has 3 heteroatoms. The summed E-state index contributed by atoms with van der Waals surface area (Å²) < 4.78 is 2.22. The summed E-state index contributed by atoms with van der Waals surface area (Å²) in [7, 11) is 1.95. The maximum atomic E-state index is 4.24. The molecule has 1 aromatic heterocycles. The van der Waals surface area contributed by atoms with Crippen molar-refractivity contribution in [3.05, 3.63) is 53.6 Å². The van der Waals surface area contributed by atoms with Crippen molar-refractivity contribution in [2.75, 3.05) is 7.05 Å². The Labute approximate surface area is 103 Å². The number of hydrogen-bond donors (Lipinski definition) is 1. The fourth-order valence-electron chi connectivity index (χ4n) is 2.20. The summed E-state index contributed by atoms with van der Waals surface area (Å²) >= 11 is 0. The Bertz CT molecular complexity index is 488. The minimum Gasteiger partial charge on any atom is -0.326 e. The van der Waals surface area contributed by atoms with E-state index < -0.39 is 0 Å². The van der Waals surface area contributed by atoms with E-state index in [9.17, 15) is 0 Å². The Morgan fingerprint density at radius 2 is 2.12 bits per heavy atom. The predicted molar refractivity (Wildman–Crippen MR) is 70.0 cm³/mol. The minimum atomic E-state index is 0.321. The predicted octanol–water partition coefficient (Wildman–Crippen LogP) is 2.52. The molecule has 1 unspecified atom stereocenters. The molecule has 0 aliphatic rings. The molecule has 0 bridgehead atoms. The topological polar surface area (TPSA) is 29.9 Å². The average molecular weight is 229 g/mol. The third-order valence-corrected chi connectivity index (χ3v) is 3.16. The molecule has 0 radical (unpaired) electrons. The number of hydrogen-bond acceptors (Lipinski definition) is 2. The lowest BCUT2D eigenvalue weighted by atomic mass is 10.0. The molecule has 0 aliphatic heterocycles. The second-order valence-corrected chi connectivity index (χ2v) is 4.36. The van der Waals surface area contributed by atoms with Crippen LogP contribution in [0.2, 0.25) is 0 Å². The summed E-state index contributed by atoms with van der Waals surface area (Å²) in [6, 6.07) is 8.83. The van der Waals surface area contributed by atoms with Crippen LogP contribution >= 0.6 is 0 Å². The smallest absolute Gasteiger partial charge is 0.0954 e. The molecule has 0 aliphatic carbocycles. The van der Waals surface area contributed by atoms with Gasteiger partial charge in [0.25, 0.3) is 0 Å². The van der Waals surface area contributed by atoms with Crippen LogP contribution in [-0.2, 0) is 6.54 Å². The van der Waals surface area contributed by atoms with Gasteiger partial charge in [-0.15, -0.1) is 0 Å². The Balaban J connectivity index is 2.34. The van der Waals surface area contributed by atoms with Gasteiger partial charge in [0, 0.05) is 12.7 Å². The molecule has 3 nitrogen and oxygen atoms in total. The zero-order valence-electron chi connectivity index (χ0n) is 10.6. The van der Waals surface area contributed by atoms with E-state index in [0.717, 1.165) is 6.54 Å². The highest BCUT2D eigenvalue weighted by Gasteiger charge is 2.12. The molecule has 90 valence electrons. The van der Waals surface area contributed by atoms with Gasteiger partial charge in [0.2, 0.25) is 0 Å². The van der Waals surface area contributed by atoms with Gasteiger partial charge in [0.1, 0.15) is 0 Å². The first-order chi connectivity index (χ1) is 8.24. The summed E-state index contributed by atoms with van der Waals surface area (Å²) in [5, 5.41) is 3.17. The molecule has 2 aromatic rings. The van der Waals surface area contributed by atoms with Crippen molar-refractivity contribution in [2.24, 2.45) is 0 Å². The molecule has 1 heterocycles. The number of nitrogens with one attached hydrogen (secondary N) is 1. The Morgan fingerprint density at radius 3 is 2.82 bits per heavy atom. The number of aromatic nitrogens is 2. The van der Waals surface area contributed by atoms with E-state index in [2.05, 4.69) is 53.0 Å². The molecule has 1 N–H and O–H groups in total. The molecule has 0 saturated carbocycles. The maximum absolute atomic E-state index is 4.24. The van der Waals surface area contributed by atoms with Crippen LogP contribution in [0.25, 0.3) is 0 Å². The van der Waals surface area contributed by atoms with Crippen LogP contribution in [0.1, 0.15) is 29.8 Å². The van der Waals surface area contributed by atoms with Gasteiger partial charge in [-0.1, -0.05) is 24.3 Å². The summed E-state index contributed by atoms with van der Waals surface area (Å²) in [5.41, 5.74) is 3.88. The molecule has 1 atom stereocenters. The highest BCUT2D eigenvalue weighted by molar-refractivity contribution is 5.29. The van der Waals surface area contributed by atoms with Crippen molar-refractivity contribution in [2.45, 2.75) is 26.4 Å². The molecule has 2 rings (SSSR count). The van der Waals surface area contributed by atoms with Crippen molar-refractivity contribution in [1.29, 1.82) is 0 Å². The largest absolute Gasteiger partial charge is 0.326 e. The van der Waals surface area contributed by atoms with Crippen LogP contribution in [0.4, 0.5) is 0 Å². The first-order valence-electron chi connectivity index (χ1n) is 5.95. The number of aryl methyl sites for hydroxylation is 1. The van der Waals surface area contributed by atoms with Gasteiger partial charge in [-0.3, -0.25) is 0 Å². The molecular formula is C14H19N3. The summed E-state index contributed by atoms with van der Waals surface area (Å²) in [4.78, 5) is 4.24. The van der Waals surface area contributed by atoms with Gasteiger partial charge in [0.15, 0.2) is 0 Å². The van der Waals surface area contributed by atoms with E-state index in [1.807, 2.05) is 19.6 Å². The van der Waals surface area contributed by atoms with E-state index in [1.54, 1.807) is 0 Å². The van der Waals surface area contributed by atoms with Crippen LogP contribution < -0.4 is 5.32 Å². The lowest BCUT2D eigenvalue weighted by Crippen LogP contribution is -2.15. The van der Waals surface area contributed by atoms with Crippen molar-refractivity contribution in [3.63, 3.8) is 0 Å². The third kappa shape index (κ3) is 2.39. The molecule has 0 saturated heterocycles. The van der Waals surface area contributed by atoms with Crippen LogP contribution in [0.5, 0.6) is 0 Å². The highest BCUT2D eigenvalue weighted by atomic mass is 15.1. The van der Waals surface area contributed by atoms with E-state index >= 15 is 0 Å². The van der Waals surface area contributed by atoms with Crippen molar-refractivity contribution in [3.8, 4) is 0 Å². The second-order valence-electron chi connectivity index (χ2n) is 4.36. The zero-order chi connectivity index (χ0) is 12.3. The summed E-state index contributed by atoms with van der Waals surface area (Å²) in [5.74, 6) is 0. The maximum Gasteiger partial charge on any atom is 0.0954 e. The van der Waals surface area contributed by atoms with Crippen molar-refractivity contribution >= 4 is 0 Å². The fraction of sp³-hybridized carbons (Fsp3) is 0.357. The van der Waals surface area contributed by atoms with Crippen molar-refractivity contribution in [1.82, 2.24) is 14.9 Å². The van der Waals surface area contributed by atoms with Crippen LogP contribution in [0.3, 0.4) is 0 Å². The molecule has 0 spiro atoms. The molecular weight excluding hydrogens is 210 g/mol. The van der Waals surface area contributed by atoms with E-state index in [1.165, 1.54) is 16.8 Å². The number of nitrogens with zero attached hydrogens (tertiary/aromatic N) is 2. The average Bonchev–Trinajstić information content (AvgIpc) is 2.78. The SMILES string of the molecule is CNCc1cncn1C(C)c1ccccc1C. The van der Waals surface area contributed by atoms with Crippen LogP contribution in [0, 0.1) is 6.92 Å². The van der Waals surface area contributed by atoms with Crippen molar-refractivity contribution < 1.29 is 0 Å². The van der Waals surface area contributed by atoms with Gasteiger partial charge in [-0.2, -0.15) is 0 Å². The first kappa shape index (κ1) is 11.9. The standard InChI is InChI=1S/C14H19N3/c1-11-6-4-5-7-14(11)12(2)17-10-16-9-13(17)8-15-3/h4-7,9-10,12,15H,8H2,1-3H3. The molecule has 17 heavy (non-hydrogen) atoms. The van der Waals surface area contributed by atoms with Gasteiger partial charge in [-0.05, 0) is 32.0 Å². The van der Waals surface area contributed by atoms with Gasteiger partial charge >= 0.3 is 0 Å². The molecule has 1 aromatic carbocycles. The normalized spacial score (nSPS) is 12.6. The Hall–Kier alpha value is -1.61.